The van der Waals surface area contributed by atoms with Crippen LogP contribution < -0.4 is 5.32 Å². The number of furan rings is 1. The Morgan fingerprint density at radius 1 is 1.43 bits per heavy atom. The third-order valence-electron chi connectivity index (χ3n) is 3.17. The fourth-order valence-electron chi connectivity index (χ4n) is 2.28. The van der Waals surface area contributed by atoms with E-state index >= 15 is 0 Å². The van der Waals surface area contributed by atoms with E-state index in [0.29, 0.717) is 17.3 Å². The monoisotopic (exact) mass is 280 g/mol. The molecule has 2 heterocycles. The molecule has 0 aliphatic rings. The van der Waals surface area contributed by atoms with E-state index in [1.807, 2.05) is 30.3 Å². The Balaban J connectivity index is 2.04. The second kappa shape index (κ2) is 4.80. The second-order valence-electron chi connectivity index (χ2n) is 4.63. The average molecular weight is 280 g/mol. The maximum atomic E-state index is 11.6. The zero-order valence-corrected chi connectivity index (χ0v) is 11.5. The van der Waals surface area contributed by atoms with Crippen LogP contribution in [0.4, 0.5) is 11.8 Å². The molecule has 0 fully saturated rings. The lowest BCUT2D eigenvalue weighted by atomic mass is 10.1. The maximum absolute atomic E-state index is 11.6. The lowest BCUT2D eigenvalue weighted by Gasteiger charge is -1.98. The van der Waals surface area contributed by atoms with Crippen molar-refractivity contribution in [2.45, 2.75) is 13.8 Å². The van der Waals surface area contributed by atoms with Gasteiger partial charge in [0.05, 0.1) is 16.6 Å². The average Bonchev–Trinajstić information content (AvgIpc) is 2.98. The Bertz CT molecular complexity index is 850. The first-order valence-corrected chi connectivity index (χ1v) is 6.36. The van der Waals surface area contributed by atoms with Gasteiger partial charge in [-0.05, 0) is 26.0 Å². The highest BCUT2D eigenvalue weighted by Crippen LogP contribution is 2.29. The molecule has 3 aromatic rings. The van der Waals surface area contributed by atoms with E-state index in [2.05, 4.69) is 15.3 Å². The predicted molar refractivity (Wildman–Crippen MR) is 77.5 cm³/mol. The highest BCUT2D eigenvalue weighted by molar-refractivity contribution is 5.99. The van der Waals surface area contributed by atoms with Gasteiger partial charge in [0.2, 0.25) is 11.8 Å². The van der Waals surface area contributed by atoms with Crippen molar-refractivity contribution in [3.05, 3.63) is 41.2 Å². The van der Waals surface area contributed by atoms with Crippen LogP contribution in [0.5, 0.6) is 0 Å². The van der Waals surface area contributed by atoms with Crippen LogP contribution in [-0.2, 0) is 0 Å². The molecule has 0 spiro atoms. The number of H-pyrrole nitrogens is 1. The number of nitriles is 1. The third-order valence-corrected chi connectivity index (χ3v) is 3.17. The Morgan fingerprint density at radius 3 is 2.86 bits per heavy atom. The van der Waals surface area contributed by atoms with Crippen LogP contribution in [0, 0.1) is 18.3 Å². The van der Waals surface area contributed by atoms with Crippen molar-refractivity contribution in [1.82, 2.24) is 9.97 Å². The molecule has 0 aliphatic heterocycles. The summed E-state index contributed by atoms with van der Waals surface area (Å²) in [6.07, 6.45) is 0. The number of aryl methyl sites for hydroxylation is 1. The fourth-order valence-corrected chi connectivity index (χ4v) is 2.28. The molecule has 0 bridgehead atoms. The van der Waals surface area contributed by atoms with E-state index in [-0.39, 0.29) is 17.2 Å². The largest absolute Gasteiger partial charge is 0.443 e. The number of benzene rings is 1. The van der Waals surface area contributed by atoms with Gasteiger partial charge in [-0.2, -0.15) is 5.26 Å². The van der Waals surface area contributed by atoms with E-state index in [0.717, 1.165) is 11.0 Å². The molecule has 0 atom stereocenters. The fraction of sp³-hybridized carbons (Fsp3) is 0.133. The molecule has 0 saturated heterocycles. The maximum Gasteiger partial charge on any atom is 0.218 e. The minimum absolute atomic E-state index is 0.195. The number of aromatic nitrogens is 2. The number of hydrogen-bond acceptors (Lipinski definition) is 5. The summed E-state index contributed by atoms with van der Waals surface area (Å²) in [7, 11) is 0. The Hall–Kier alpha value is -3.07. The van der Waals surface area contributed by atoms with Gasteiger partial charge < -0.3 is 9.40 Å². The number of rotatable bonds is 3. The van der Waals surface area contributed by atoms with Crippen molar-refractivity contribution in [1.29, 1.82) is 5.26 Å². The number of nitrogens with zero attached hydrogens (tertiary/aromatic N) is 2. The number of Topliss-reactive ketones (excluding diaryl/α,β-unsaturated/α-hetero) is 1. The molecule has 1 aromatic carbocycles. The summed E-state index contributed by atoms with van der Waals surface area (Å²) in [5.41, 5.74) is 2.17. The standard InChI is InChI=1S/C15H12N4O2/c1-8(20)13-9(2)21-14(10(13)7-16)19-15-17-11-5-3-4-6-12(11)18-15/h3-6H,1-2H3,(H2,17,18,19). The molecule has 0 radical (unpaired) electrons. The van der Waals surface area contributed by atoms with Crippen LogP contribution in [0.1, 0.15) is 28.6 Å². The summed E-state index contributed by atoms with van der Waals surface area (Å²) < 4.78 is 5.48. The number of carbonyl (C=O) groups is 1. The molecule has 21 heavy (non-hydrogen) atoms. The van der Waals surface area contributed by atoms with Crippen LogP contribution in [-0.4, -0.2) is 15.8 Å². The van der Waals surface area contributed by atoms with Crippen molar-refractivity contribution in [2.24, 2.45) is 0 Å². The Kier molecular flexibility index (Phi) is 2.95. The van der Waals surface area contributed by atoms with Crippen LogP contribution >= 0.6 is 0 Å². The molecule has 6 heteroatoms. The number of anilines is 2. The number of nitrogens with one attached hydrogen (secondary N) is 2. The van der Waals surface area contributed by atoms with Gasteiger partial charge in [0.25, 0.3) is 0 Å². The topological polar surface area (TPSA) is 94.7 Å². The normalized spacial score (nSPS) is 10.5. The number of fused-ring (bicyclic) bond motifs is 1. The van der Waals surface area contributed by atoms with Gasteiger partial charge in [-0.25, -0.2) is 4.98 Å². The molecule has 3 rings (SSSR count). The van der Waals surface area contributed by atoms with Crippen molar-refractivity contribution >= 4 is 28.6 Å². The third kappa shape index (κ3) is 2.15. The second-order valence-corrected chi connectivity index (χ2v) is 4.63. The first kappa shape index (κ1) is 12.9. The molecular formula is C15H12N4O2. The summed E-state index contributed by atoms with van der Waals surface area (Å²) in [4.78, 5) is 19.0. The van der Waals surface area contributed by atoms with E-state index < -0.39 is 0 Å². The quantitative estimate of drug-likeness (QED) is 0.718. The van der Waals surface area contributed by atoms with Crippen LogP contribution in [0.2, 0.25) is 0 Å². The van der Waals surface area contributed by atoms with Gasteiger partial charge >= 0.3 is 0 Å². The molecule has 0 unspecified atom stereocenters. The Morgan fingerprint density at radius 2 is 2.19 bits per heavy atom. The highest BCUT2D eigenvalue weighted by Gasteiger charge is 2.21. The zero-order chi connectivity index (χ0) is 15.0. The van der Waals surface area contributed by atoms with Crippen molar-refractivity contribution < 1.29 is 9.21 Å². The van der Waals surface area contributed by atoms with Gasteiger partial charge in [-0.1, -0.05) is 12.1 Å². The summed E-state index contributed by atoms with van der Waals surface area (Å²) in [5.74, 6) is 0.888. The summed E-state index contributed by atoms with van der Waals surface area (Å²) in [5, 5.41) is 12.2. The van der Waals surface area contributed by atoms with Crippen molar-refractivity contribution in [2.75, 3.05) is 5.32 Å². The molecule has 2 N–H and O–H groups in total. The number of hydrogen-bond donors (Lipinski definition) is 2. The molecule has 2 aromatic heterocycles. The number of para-hydroxylation sites is 2. The minimum Gasteiger partial charge on any atom is -0.443 e. The minimum atomic E-state index is -0.203. The predicted octanol–water partition coefficient (Wildman–Crippen LogP) is 3.28. The number of carbonyl (C=O) groups excluding carboxylic acids is 1. The van der Waals surface area contributed by atoms with E-state index in [1.165, 1.54) is 6.92 Å². The van der Waals surface area contributed by atoms with Gasteiger partial charge in [0.15, 0.2) is 5.78 Å². The molecule has 0 aliphatic carbocycles. The SMILES string of the molecule is CC(=O)c1c(C)oc(Nc2nc3ccccc3[nH]2)c1C#N. The van der Waals surface area contributed by atoms with Gasteiger partial charge in [0, 0.05) is 0 Å². The molecule has 104 valence electrons. The number of aromatic amines is 1. The zero-order valence-electron chi connectivity index (χ0n) is 11.5. The van der Waals surface area contributed by atoms with Crippen molar-refractivity contribution in [3.63, 3.8) is 0 Å². The highest BCUT2D eigenvalue weighted by atomic mass is 16.4. The Labute approximate surface area is 120 Å². The van der Waals surface area contributed by atoms with Gasteiger partial charge in [0.1, 0.15) is 17.4 Å². The van der Waals surface area contributed by atoms with Gasteiger partial charge in [-0.3, -0.25) is 10.1 Å². The summed E-state index contributed by atoms with van der Waals surface area (Å²) in [6, 6.07) is 9.56. The first-order valence-electron chi connectivity index (χ1n) is 6.36. The van der Waals surface area contributed by atoms with Crippen LogP contribution in [0.25, 0.3) is 11.0 Å². The molecule has 0 saturated carbocycles. The number of imidazole rings is 1. The number of ketones is 1. The van der Waals surface area contributed by atoms with Crippen molar-refractivity contribution in [3.8, 4) is 6.07 Å². The smallest absolute Gasteiger partial charge is 0.218 e. The van der Waals surface area contributed by atoms with Gasteiger partial charge in [-0.15, -0.1) is 0 Å². The lowest BCUT2D eigenvalue weighted by molar-refractivity contribution is 0.101. The van der Waals surface area contributed by atoms with E-state index in [9.17, 15) is 10.1 Å². The lowest BCUT2D eigenvalue weighted by Crippen LogP contribution is -1.97. The first-order chi connectivity index (χ1) is 10.1. The molecule has 0 amide bonds. The van der Waals surface area contributed by atoms with E-state index in [1.54, 1.807) is 6.92 Å². The summed E-state index contributed by atoms with van der Waals surface area (Å²) >= 11 is 0. The van der Waals surface area contributed by atoms with E-state index in [4.69, 9.17) is 4.42 Å². The molecular weight excluding hydrogens is 268 g/mol. The van der Waals surface area contributed by atoms with Crippen LogP contribution in [0.15, 0.2) is 28.7 Å². The van der Waals surface area contributed by atoms with Crippen LogP contribution in [0.3, 0.4) is 0 Å². The molecule has 6 nitrogen and oxygen atoms in total. The summed E-state index contributed by atoms with van der Waals surface area (Å²) in [6.45, 7) is 3.06.